The predicted molar refractivity (Wildman–Crippen MR) is 95.4 cm³/mol. The maximum atomic E-state index is 12.2. The van der Waals surface area contributed by atoms with Crippen LogP contribution in [-0.2, 0) is 14.3 Å². The van der Waals surface area contributed by atoms with Gasteiger partial charge >= 0.3 is 12.1 Å². The summed E-state index contributed by atoms with van der Waals surface area (Å²) in [7, 11) is 0. The zero-order chi connectivity index (χ0) is 18.9. The summed E-state index contributed by atoms with van der Waals surface area (Å²) < 4.78 is 5.36. The summed E-state index contributed by atoms with van der Waals surface area (Å²) in [6.45, 7) is 6.01. The maximum Gasteiger partial charge on any atom is 0.407 e. The van der Waals surface area contributed by atoms with E-state index in [2.05, 4.69) is 5.32 Å². The molecule has 1 aliphatic rings. The fraction of sp³-hybridized carbons (Fsp3) is 0.842. The zero-order valence-corrected chi connectivity index (χ0v) is 15.8. The Bertz CT molecular complexity index is 455. The lowest BCUT2D eigenvalue weighted by Crippen LogP contribution is -2.43. The van der Waals surface area contributed by atoms with Gasteiger partial charge in [-0.2, -0.15) is 0 Å². The number of carboxylic acid groups (broad SMARTS) is 1. The molecule has 25 heavy (non-hydrogen) atoms. The number of alkyl carbamates (subject to hydrolysis) is 1. The molecule has 1 saturated carbocycles. The van der Waals surface area contributed by atoms with E-state index in [0.29, 0.717) is 6.42 Å². The van der Waals surface area contributed by atoms with Crippen LogP contribution in [0.3, 0.4) is 0 Å². The smallest absolute Gasteiger partial charge is 0.407 e. The van der Waals surface area contributed by atoms with E-state index >= 15 is 0 Å². The second kappa shape index (κ2) is 10.4. The molecule has 1 fully saturated rings. The van der Waals surface area contributed by atoms with Gasteiger partial charge < -0.3 is 15.2 Å². The number of carbonyl (C=O) groups excluding carboxylic acids is 2. The molecule has 0 aromatic rings. The van der Waals surface area contributed by atoms with E-state index in [1.807, 2.05) is 20.8 Å². The molecule has 1 amide bonds. The Morgan fingerprint density at radius 1 is 1.16 bits per heavy atom. The minimum Gasteiger partial charge on any atom is -0.481 e. The van der Waals surface area contributed by atoms with Crippen molar-refractivity contribution in [1.29, 1.82) is 0 Å². The standard InChI is InChI=1S/C19H33NO5/c1-4-5-9-15(21)17(14(2)3)25-18(24)20-13-19(12-16(22)23)10-7-6-8-11-19/h14,17H,4-13H2,1-3H3,(H,20,24)(H,22,23). The van der Waals surface area contributed by atoms with Gasteiger partial charge in [-0.3, -0.25) is 9.59 Å². The molecule has 1 atom stereocenters. The average molecular weight is 355 g/mol. The molecule has 2 N–H and O–H groups in total. The van der Waals surface area contributed by atoms with Crippen molar-refractivity contribution < 1.29 is 24.2 Å². The third-order valence-corrected chi connectivity index (χ3v) is 4.98. The Hall–Kier alpha value is -1.59. The van der Waals surface area contributed by atoms with Gasteiger partial charge in [0.1, 0.15) is 0 Å². The van der Waals surface area contributed by atoms with E-state index in [4.69, 9.17) is 4.74 Å². The van der Waals surface area contributed by atoms with Crippen LogP contribution in [0.2, 0.25) is 0 Å². The molecule has 0 aromatic heterocycles. The molecule has 1 rings (SSSR count). The summed E-state index contributed by atoms with van der Waals surface area (Å²) >= 11 is 0. The number of unbranched alkanes of at least 4 members (excludes halogenated alkanes) is 1. The number of nitrogens with one attached hydrogen (secondary N) is 1. The highest BCUT2D eigenvalue weighted by Crippen LogP contribution is 2.38. The average Bonchev–Trinajstić information content (AvgIpc) is 2.55. The molecule has 6 heteroatoms. The van der Waals surface area contributed by atoms with Crippen LogP contribution in [0.5, 0.6) is 0 Å². The third kappa shape index (κ3) is 7.45. The Morgan fingerprint density at radius 3 is 2.32 bits per heavy atom. The fourth-order valence-electron chi connectivity index (χ4n) is 3.52. The number of amides is 1. The molecule has 0 aromatic carbocycles. The summed E-state index contributed by atoms with van der Waals surface area (Å²) in [6.07, 6.45) is 5.45. The van der Waals surface area contributed by atoms with Gasteiger partial charge in [-0.1, -0.05) is 46.5 Å². The fourth-order valence-corrected chi connectivity index (χ4v) is 3.52. The Morgan fingerprint density at radius 2 is 1.80 bits per heavy atom. The van der Waals surface area contributed by atoms with Gasteiger partial charge in [0.15, 0.2) is 11.9 Å². The van der Waals surface area contributed by atoms with Crippen molar-refractivity contribution >= 4 is 17.8 Å². The Kier molecular flexibility index (Phi) is 8.93. The number of hydrogen-bond donors (Lipinski definition) is 2. The van der Waals surface area contributed by atoms with Crippen LogP contribution in [0.4, 0.5) is 4.79 Å². The maximum absolute atomic E-state index is 12.2. The predicted octanol–water partition coefficient (Wildman–Crippen LogP) is 3.92. The summed E-state index contributed by atoms with van der Waals surface area (Å²) in [6, 6.07) is 0. The van der Waals surface area contributed by atoms with Crippen LogP contribution in [-0.4, -0.2) is 35.6 Å². The van der Waals surface area contributed by atoms with Crippen molar-refractivity contribution in [3.8, 4) is 0 Å². The van der Waals surface area contributed by atoms with Crippen LogP contribution in [0.25, 0.3) is 0 Å². The quantitative estimate of drug-likeness (QED) is 0.619. The van der Waals surface area contributed by atoms with Gasteiger partial charge in [0.2, 0.25) is 0 Å². The van der Waals surface area contributed by atoms with E-state index in [1.54, 1.807) is 0 Å². The van der Waals surface area contributed by atoms with Crippen molar-refractivity contribution in [1.82, 2.24) is 5.32 Å². The first-order valence-corrected chi connectivity index (χ1v) is 9.48. The lowest BCUT2D eigenvalue weighted by Gasteiger charge is -2.36. The topological polar surface area (TPSA) is 92.7 Å². The summed E-state index contributed by atoms with van der Waals surface area (Å²) in [5, 5.41) is 11.9. The largest absolute Gasteiger partial charge is 0.481 e. The molecule has 0 aliphatic heterocycles. The molecule has 144 valence electrons. The molecule has 0 saturated heterocycles. The van der Waals surface area contributed by atoms with E-state index in [1.165, 1.54) is 0 Å². The monoisotopic (exact) mass is 355 g/mol. The van der Waals surface area contributed by atoms with Crippen LogP contribution < -0.4 is 5.32 Å². The third-order valence-electron chi connectivity index (χ3n) is 4.98. The highest BCUT2D eigenvalue weighted by atomic mass is 16.6. The molecule has 0 spiro atoms. The van der Waals surface area contributed by atoms with E-state index in [0.717, 1.165) is 44.9 Å². The lowest BCUT2D eigenvalue weighted by atomic mass is 9.72. The minimum absolute atomic E-state index is 0.0510. The molecule has 6 nitrogen and oxygen atoms in total. The highest BCUT2D eigenvalue weighted by Gasteiger charge is 2.35. The van der Waals surface area contributed by atoms with Crippen molar-refractivity contribution in [2.45, 2.75) is 84.7 Å². The number of rotatable bonds is 10. The number of aliphatic carboxylic acids is 1. The van der Waals surface area contributed by atoms with Gasteiger partial charge in [-0.15, -0.1) is 0 Å². The van der Waals surface area contributed by atoms with Gasteiger partial charge in [-0.25, -0.2) is 4.79 Å². The first-order chi connectivity index (χ1) is 11.8. The first-order valence-electron chi connectivity index (χ1n) is 9.48. The van der Waals surface area contributed by atoms with E-state index in [-0.39, 0.29) is 24.7 Å². The van der Waals surface area contributed by atoms with Crippen molar-refractivity contribution in [2.75, 3.05) is 6.54 Å². The molecule has 1 unspecified atom stereocenters. The summed E-state index contributed by atoms with van der Waals surface area (Å²) in [5.41, 5.74) is -0.400. The number of Topliss-reactive ketones (excluding diaryl/α,β-unsaturated/α-hetero) is 1. The number of carbonyl (C=O) groups is 3. The molecule has 1 aliphatic carbocycles. The molecule has 0 bridgehead atoms. The molecular weight excluding hydrogens is 322 g/mol. The normalized spacial score (nSPS) is 17.8. The van der Waals surface area contributed by atoms with Gasteiger partial charge in [0, 0.05) is 13.0 Å². The first kappa shape index (κ1) is 21.5. The molecular formula is C19H33NO5. The van der Waals surface area contributed by atoms with Crippen LogP contribution >= 0.6 is 0 Å². The van der Waals surface area contributed by atoms with Gasteiger partial charge in [0.25, 0.3) is 0 Å². The Balaban J connectivity index is 2.60. The number of ketones is 1. The van der Waals surface area contributed by atoms with Crippen molar-refractivity contribution in [3.05, 3.63) is 0 Å². The van der Waals surface area contributed by atoms with Gasteiger partial charge in [-0.05, 0) is 30.6 Å². The molecule has 0 heterocycles. The Labute approximate surface area is 150 Å². The van der Waals surface area contributed by atoms with Crippen LogP contribution in [0, 0.1) is 11.3 Å². The van der Waals surface area contributed by atoms with Gasteiger partial charge in [0.05, 0.1) is 6.42 Å². The molecule has 0 radical (unpaired) electrons. The van der Waals surface area contributed by atoms with E-state index < -0.39 is 23.6 Å². The second-order valence-corrected chi connectivity index (χ2v) is 7.62. The number of ether oxygens (including phenoxy) is 1. The van der Waals surface area contributed by atoms with Crippen LogP contribution in [0.15, 0.2) is 0 Å². The van der Waals surface area contributed by atoms with E-state index in [9.17, 15) is 19.5 Å². The van der Waals surface area contributed by atoms with Crippen molar-refractivity contribution in [2.24, 2.45) is 11.3 Å². The zero-order valence-electron chi connectivity index (χ0n) is 15.8. The van der Waals surface area contributed by atoms with Crippen LogP contribution in [0.1, 0.15) is 78.6 Å². The highest BCUT2D eigenvalue weighted by molar-refractivity contribution is 5.85. The summed E-state index contributed by atoms with van der Waals surface area (Å²) in [4.78, 5) is 35.6. The SMILES string of the molecule is CCCCC(=O)C(OC(=O)NCC1(CC(=O)O)CCCCC1)C(C)C. The number of hydrogen-bond acceptors (Lipinski definition) is 4. The summed E-state index contributed by atoms with van der Waals surface area (Å²) in [5.74, 6) is -0.977. The lowest BCUT2D eigenvalue weighted by molar-refractivity contribution is -0.140. The number of carboxylic acids is 1. The minimum atomic E-state index is -0.841. The second-order valence-electron chi connectivity index (χ2n) is 7.62. The van der Waals surface area contributed by atoms with Crippen molar-refractivity contribution in [3.63, 3.8) is 0 Å².